The van der Waals surface area contributed by atoms with Crippen LogP contribution in [0.1, 0.15) is 25.8 Å². The summed E-state index contributed by atoms with van der Waals surface area (Å²) >= 11 is 6.45. The van der Waals surface area contributed by atoms with Gasteiger partial charge in [-0.25, -0.2) is 14.6 Å². The van der Waals surface area contributed by atoms with Crippen molar-refractivity contribution in [1.29, 1.82) is 0 Å². The van der Waals surface area contributed by atoms with Gasteiger partial charge in [0.2, 0.25) is 0 Å². The minimum Gasteiger partial charge on any atom is -0.463 e. The molecule has 0 saturated heterocycles. The van der Waals surface area contributed by atoms with Gasteiger partial charge in [0.25, 0.3) is 0 Å². The van der Waals surface area contributed by atoms with Crippen LogP contribution in [-0.2, 0) is 14.3 Å². The van der Waals surface area contributed by atoms with Crippen LogP contribution >= 0.6 is 11.6 Å². The van der Waals surface area contributed by atoms with Crippen molar-refractivity contribution in [3.05, 3.63) is 52.6 Å². The van der Waals surface area contributed by atoms with Crippen molar-refractivity contribution in [2.75, 3.05) is 18.5 Å². The number of benzene rings is 2. The number of esters is 1. The van der Waals surface area contributed by atoms with Crippen LogP contribution in [0, 0.1) is 0 Å². The number of nitrogens with one attached hydrogen (secondary N) is 1. The minimum absolute atomic E-state index is 0.220. The molecule has 3 N–H and O–H groups in total. The lowest BCUT2D eigenvalue weighted by Gasteiger charge is -2.10. The van der Waals surface area contributed by atoms with Gasteiger partial charge >= 0.3 is 12.1 Å². The average Bonchev–Trinajstić information content (AvgIpc) is 2.86. The number of hydrogen-bond donors (Lipinski definition) is 2. The van der Waals surface area contributed by atoms with Gasteiger partial charge in [-0.3, -0.25) is 5.32 Å². The standard InChI is InChI=1S/C22H22ClN3O4/c1-3-29-21(27)15-10-14-9-13(5-8-19(14)26-20(24)11-15)17-7-6-16(12-18(17)23)25-22(28)30-4-2/h5-10,12H,3-4,11H2,1-2H3,(H2,24,26)(H,25,28). The summed E-state index contributed by atoms with van der Waals surface area (Å²) in [5, 5.41) is 3.07. The molecule has 1 heterocycles. The Labute approximate surface area is 179 Å². The highest BCUT2D eigenvalue weighted by atomic mass is 35.5. The molecule has 0 aliphatic carbocycles. The summed E-state index contributed by atoms with van der Waals surface area (Å²) in [5.74, 6) is -0.0745. The predicted octanol–water partition coefficient (Wildman–Crippen LogP) is 4.91. The smallest absolute Gasteiger partial charge is 0.411 e. The molecule has 0 aromatic heterocycles. The van der Waals surface area contributed by atoms with E-state index in [1.54, 1.807) is 38.1 Å². The molecule has 1 aliphatic rings. The lowest BCUT2D eigenvalue weighted by Crippen LogP contribution is -2.16. The van der Waals surface area contributed by atoms with Crippen molar-refractivity contribution in [3.8, 4) is 11.1 Å². The number of carbonyl (C=O) groups excluding carboxylic acids is 2. The summed E-state index contributed by atoms with van der Waals surface area (Å²) in [6, 6.07) is 10.8. The molecule has 0 fully saturated rings. The molecule has 0 saturated carbocycles. The van der Waals surface area contributed by atoms with Crippen LogP contribution in [0.2, 0.25) is 5.02 Å². The highest BCUT2D eigenvalue weighted by molar-refractivity contribution is 6.33. The third-order valence-electron chi connectivity index (χ3n) is 4.33. The van der Waals surface area contributed by atoms with E-state index in [4.69, 9.17) is 26.8 Å². The Bertz CT molecular complexity index is 1050. The van der Waals surface area contributed by atoms with Gasteiger partial charge in [0.05, 0.1) is 23.9 Å². The van der Waals surface area contributed by atoms with Gasteiger partial charge in [0.1, 0.15) is 5.84 Å². The first kappa shape index (κ1) is 21.4. The van der Waals surface area contributed by atoms with Crippen molar-refractivity contribution in [1.82, 2.24) is 0 Å². The van der Waals surface area contributed by atoms with E-state index in [-0.39, 0.29) is 19.6 Å². The van der Waals surface area contributed by atoms with Crippen molar-refractivity contribution >= 4 is 46.9 Å². The van der Waals surface area contributed by atoms with Gasteiger partial charge in [-0.15, -0.1) is 0 Å². The minimum atomic E-state index is -0.543. The molecule has 0 atom stereocenters. The average molecular weight is 428 g/mol. The largest absolute Gasteiger partial charge is 0.463 e. The predicted molar refractivity (Wildman–Crippen MR) is 118 cm³/mol. The molecule has 0 spiro atoms. The van der Waals surface area contributed by atoms with E-state index in [0.29, 0.717) is 27.8 Å². The lowest BCUT2D eigenvalue weighted by molar-refractivity contribution is -0.138. The second kappa shape index (κ2) is 9.45. The topological polar surface area (TPSA) is 103 Å². The van der Waals surface area contributed by atoms with E-state index in [0.717, 1.165) is 16.7 Å². The van der Waals surface area contributed by atoms with E-state index in [1.165, 1.54) is 0 Å². The summed E-state index contributed by atoms with van der Waals surface area (Å²) < 4.78 is 9.98. The molecule has 156 valence electrons. The number of ether oxygens (including phenoxy) is 2. The van der Waals surface area contributed by atoms with Crippen molar-refractivity contribution in [3.63, 3.8) is 0 Å². The number of halogens is 1. The summed E-state index contributed by atoms with van der Waals surface area (Å²) in [4.78, 5) is 28.2. The number of nitrogens with zero attached hydrogens (tertiary/aromatic N) is 1. The maximum atomic E-state index is 12.2. The number of rotatable bonds is 5. The number of fused-ring (bicyclic) bond motifs is 1. The number of amidine groups is 1. The Morgan fingerprint density at radius 1 is 1.13 bits per heavy atom. The second-order valence-electron chi connectivity index (χ2n) is 6.48. The molecule has 7 nitrogen and oxygen atoms in total. The van der Waals surface area contributed by atoms with Crippen LogP contribution in [0.4, 0.5) is 16.2 Å². The quantitative estimate of drug-likeness (QED) is 0.659. The number of anilines is 1. The van der Waals surface area contributed by atoms with E-state index < -0.39 is 12.1 Å². The first-order valence-corrected chi connectivity index (χ1v) is 9.87. The summed E-state index contributed by atoms with van der Waals surface area (Å²) in [6.07, 6.45) is 1.42. The zero-order chi connectivity index (χ0) is 21.7. The first-order chi connectivity index (χ1) is 14.4. The molecule has 1 aliphatic heterocycles. The number of aliphatic imine (C=N–C) groups is 1. The Morgan fingerprint density at radius 2 is 1.90 bits per heavy atom. The van der Waals surface area contributed by atoms with E-state index in [1.807, 2.05) is 18.2 Å². The SMILES string of the molecule is CCOC(=O)Nc1ccc(-c2ccc3c(c2)C=C(C(=O)OCC)CC(N)=N3)c(Cl)c1. The van der Waals surface area contributed by atoms with Gasteiger partial charge in [-0.2, -0.15) is 0 Å². The second-order valence-corrected chi connectivity index (χ2v) is 6.89. The molecule has 30 heavy (non-hydrogen) atoms. The zero-order valence-electron chi connectivity index (χ0n) is 16.7. The van der Waals surface area contributed by atoms with E-state index >= 15 is 0 Å². The number of hydrogen-bond acceptors (Lipinski definition) is 6. The van der Waals surface area contributed by atoms with Crippen LogP contribution in [0.15, 0.2) is 47.0 Å². The van der Waals surface area contributed by atoms with E-state index in [2.05, 4.69) is 10.3 Å². The van der Waals surface area contributed by atoms with Crippen molar-refractivity contribution in [2.45, 2.75) is 20.3 Å². The Balaban J connectivity index is 1.95. The highest BCUT2D eigenvalue weighted by Crippen LogP contribution is 2.35. The fourth-order valence-corrected chi connectivity index (χ4v) is 3.32. The Morgan fingerprint density at radius 3 is 2.60 bits per heavy atom. The maximum Gasteiger partial charge on any atom is 0.411 e. The van der Waals surface area contributed by atoms with Gasteiger partial charge in [-0.1, -0.05) is 23.7 Å². The molecular weight excluding hydrogens is 406 g/mol. The fraction of sp³-hybridized carbons (Fsp3) is 0.227. The fourth-order valence-electron chi connectivity index (χ4n) is 3.03. The van der Waals surface area contributed by atoms with Gasteiger partial charge in [0, 0.05) is 28.8 Å². The maximum absolute atomic E-state index is 12.2. The third kappa shape index (κ3) is 4.99. The van der Waals surface area contributed by atoms with Gasteiger partial charge in [0.15, 0.2) is 0 Å². The van der Waals surface area contributed by atoms with Gasteiger partial charge in [-0.05, 0) is 49.8 Å². The molecule has 2 aromatic carbocycles. The van der Waals surface area contributed by atoms with Crippen molar-refractivity contribution < 1.29 is 19.1 Å². The van der Waals surface area contributed by atoms with Crippen LogP contribution in [0.5, 0.6) is 0 Å². The van der Waals surface area contributed by atoms with Crippen LogP contribution in [-0.4, -0.2) is 31.1 Å². The van der Waals surface area contributed by atoms with E-state index in [9.17, 15) is 9.59 Å². The molecule has 8 heteroatoms. The number of carbonyl (C=O) groups is 2. The normalized spacial score (nSPS) is 12.8. The summed E-state index contributed by atoms with van der Waals surface area (Å²) in [6.45, 7) is 4.04. The Kier molecular flexibility index (Phi) is 6.74. The first-order valence-electron chi connectivity index (χ1n) is 9.49. The molecular formula is C22H22ClN3O4. The van der Waals surface area contributed by atoms with Gasteiger partial charge < -0.3 is 15.2 Å². The third-order valence-corrected chi connectivity index (χ3v) is 4.65. The Hall–Kier alpha value is -3.32. The molecule has 2 aromatic rings. The van der Waals surface area contributed by atoms with Crippen molar-refractivity contribution in [2.24, 2.45) is 10.7 Å². The van der Waals surface area contributed by atoms with Crippen LogP contribution in [0.3, 0.4) is 0 Å². The molecule has 0 radical (unpaired) electrons. The van der Waals surface area contributed by atoms with Crippen LogP contribution in [0.25, 0.3) is 17.2 Å². The van der Waals surface area contributed by atoms with Crippen LogP contribution < -0.4 is 11.1 Å². The molecule has 0 unspecified atom stereocenters. The zero-order valence-corrected chi connectivity index (χ0v) is 17.5. The molecule has 0 bridgehead atoms. The summed E-state index contributed by atoms with van der Waals surface area (Å²) in [5.41, 5.74) is 9.92. The summed E-state index contributed by atoms with van der Waals surface area (Å²) in [7, 11) is 0. The lowest BCUT2D eigenvalue weighted by atomic mass is 10.00. The highest BCUT2D eigenvalue weighted by Gasteiger charge is 2.18. The number of amides is 1. The molecule has 1 amide bonds. The molecule has 3 rings (SSSR count). The monoisotopic (exact) mass is 427 g/mol. The number of nitrogens with two attached hydrogens (primary N) is 1.